The molecule has 3 N–H and O–H groups in total. The molecule has 1 aromatic heterocycles. The number of pyridine rings is 1. The molecule has 20 heavy (non-hydrogen) atoms. The number of nitrogens with one attached hydrogen (secondary N) is 1. The molecule has 7 heteroatoms. The Hall–Kier alpha value is -2.15. The minimum atomic E-state index is -4.94. The molecule has 0 unspecified atom stereocenters. The highest BCUT2D eigenvalue weighted by atomic mass is 19.4. The van der Waals surface area contributed by atoms with Crippen molar-refractivity contribution < 1.29 is 18.0 Å². The highest BCUT2D eigenvalue weighted by Crippen LogP contribution is 2.30. The highest BCUT2D eigenvalue weighted by Gasteiger charge is 2.41. The first-order chi connectivity index (χ1) is 9.45. The summed E-state index contributed by atoms with van der Waals surface area (Å²) in [4.78, 5) is 15.4. The summed E-state index contributed by atoms with van der Waals surface area (Å²) in [6.07, 6.45) is -4.00. The number of nitrogens with two attached hydrogens (primary N) is 1. The van der Waals surface area contributed by atoms with Gasteiger partial charge in [-0.05, 0) is 6.07 Å². The van der Waals surface area contributed by atoms with E-state index in [0.717, 1.165) is 6.20 Å². The number of halogens is 3. The highest BCUT2D eigenvalue weighted by molar-refractivity contribution is 6.10. The number of carbonyl (C=O) groups excluding carboxylic acids is 1. The maximum Gasteiger partial charge on any atom is 0.455 e. The molecule has 0 fully saturated rings. The predicted molar refractivity (Wildman–Crippen MR) is 69.7 cm³/mol. The summed E-state index contributed by atoms with van der Waals surface area (Å²) in [5.74, 6) is -1.92. The summed E-state index contributed by atoms with van der Waals surface area (Å²) in [7, 11) is 0. The van der Waals surface area contributed by atoms with Gasteiger partial charge in [0.25, 0.3) is 5.78 Å². The van der Waals surface area contributed by atoms with Crippen molar-refractivity contribution in [3.63, 3.8) is 0 Å². The normalized spacial score (nSPS) is 11.6. The van der Waals surface area contributed by atoms with Gasteiger partial charge in [-0.25, -0.2) is 0 Å². The number of hydrogen-bond donors (Lipinski definition) is 2. The van der Waals surface area contributed by atoms with Gasteiger partial charge in [0, 0.05) is 24.7 Å². The summed E-state index contributed by atoms with van der Waals surface area (Å²) in [6, 6.07) is 6.64. The van der Waals surface area contributed by atoms with Crippen LogP contribution in [0.1, 0.15) is 10.4 Å². The average molecular weight is 283 g/mol. The molecule has 0 atom stereocenters. The number of hydrogen-bond acceptors (Lipinski definition) is 4. The summed E-state index contributed by atoms with van der Waals surface area (Å²) < 4.78 is 37.8. The van der Waals surface area contributed by atoms with E-state index in [-0.39, 0.29) is 18.8 Å². The number of aromatic nitrogens is 1. The SMILES string of the molecule is NCCNc1c(C(=O)C(F)(F)F)cnc2ccccc12. The van der Waals surface area contributed by atoms with Gasteiger partial charge in [-0.3, -0.25) is 9.78 Å². The van der Waals surface area contributed by atoms with Crippen molar-refractivity contribution in [2.45, 2.75) is 6.18 Å². The molecule has 0 bridgehead atoms. The Balaban J connectivity index is 2.61. The lowest BCUT2D eigenvalue weighted by atomic mass is 10.1. The quantitative estimate of drug-likeness (QED) is 0.845. The van der Waals surface area contributed by atoms with Gasteiger partial charge < -0.3 is 11.1 Å². The molecule has 0 aliphatic heterocycles. The van der Waals surface area contributed by atoms with Crippen LogP contribution in [0.15, 0.2) is 30.5 Å². The molecule has 2 rings (SSSR count). The largest absolute Gasteiger partial charge is 0.455 e. The van der Waals surface area contributed by atoms with Crippen LogP contribution in [-0.4, -0.2) is 30.0 Å². The van der Waals surface area contributed by atoms with Gasteiger partial charge in [0.05, 0.1) is 16.8 Å². The van der Waals surface area contributed by atoms with Crippen LogP contribution in [0.4, 0.5) is 18.9 Å². The molecule has 1 aromatic carbocycles. The number of nitrogens with zero attached hydrogens (tertiary/aromatic N) is 1. The molecule has 4 nitrogen and oxygen atoms in total. The van der Waals surface area contributed by atoms with Crippen LogP contribution in [0, 0.1) is 0 Å². The third-order valence-electron chi connectivity index (χ3n) is 2.72. The first-order valence-electron chi connectivity index (χ1n) is 5.88. The number of ketones is 1. The van der Waals surface area contributed by atoms with E-state index in [0.29, 0.717) is 10.9 Å². The number of anilines is 1. The van der Waals surface area contributed by atoms with E-state index in [4.69, 9.17) is 5.73 Å². The van der Waals surface area contributed by atoms with Crippen molar-refractivity contribution in [2.24, 2.45) is 5.73 Å². The zero-order chi connectivity index (χ0) is 14.8. The van der Waals surface area contributed by atoms with Gasteiger partial charge in [-0.1, -0.05) is 18.2 Å². The molecule has 1 heterocycles. The fourth-order valence-electron chi connectivity index (χ4n) is 1.85. The molecular formula is C13H12F3N3O. The Morgan fingerprint density at radius 2 is 2.00 bits per heavy atom. The molecule has 0 spiro atoms. The van der Waals surface area contributed by atoms with Gasteiger partial charge in [0.2, 0.25) is 0 Å². The Labute approximate surface area is 112 Å². The van der Waals surface area contributed by atoms with Gasteiger partial charge in [-0.2, -0.15) is 13.2 Å². The maximum absolute atomic E-state index is 12.6. The number of Topliss-reactive ketones (excluding diaryl/α,β-unsaturated/α-hetero) is 1. The second-order valence-corrected chi connectivity index (χ2v) is 4.11. The predicted octanol–water partition coefficient (Wildman–Crippen LogP) is 2.35. The smallest absolute Gasteiger partial charge is 0.383 e. The second kappa shape index (κ2) is 5.46. The van der Waals surface area contributed by atoms with Crippen LogP contribution in [0.2, 0.25) is 0 Å². The minimum absolute atomic E-state index is 0.114. The van der Waals surface area contributed by atoms with E-state index in [9.17, 15) is 18.0 Å². The van der Waals surface area contributed by atoms with Crippen molar-refractivity contribution in [1.29, 1.82) is 0 Å². The molecule has 0 saturated carbocycles. The number of benzene rings is 1. The van der Waals surface area contributed by atoms with Crippen molar-refractivity contribution in [1.82, 2.24) is 4.98 Å². The van der Waals surface area contributed by atoms with Crippen LogP contribution in [0.3, 0.4) is 0 Å². The number of carbonyl (C=O) groups is 1. The van der Waals surface area contributed by atoms with Crippen molar-refractivity contribution >= 4 is 22.4 Å². The fourth-order valence-corrected chi connectivity index (χ4v) is 1.85. The Kier molecular flexibility index (Phi) is 3.89. The van der Waals surface area contributed by atoms with E-state index in [2.05, 4.69) is 10.3 Å². The maximum atomic E-state index is 12.6. The first kappa shape index (κ1) is 14.3. The topological polar surface area (TPSA) is 68.0 Å². The monoisotopic (exact) mass is 283 g/mol. The molecule has 0 aliphatic rings. The lowest BCUT2D eigenvalue weighted by Crippen LogP contribution is -2.25. The van der Waals surface area contributed by atoms with E-state index in [1.807, 2.05) is 0 Å². The van der Waals surface area contributed by atoms with Crippen LogP contribution in [-0.2, 0) is 0 Å². The zero-order valence-corrected chi connectivity index (χ0v) is 10.4. The van der Waals surface area contributed by atoms with Crippen molar-refractivity contribution in [3.8, 4) is 0 Å². The van der Waals surface area contributed by atoms with Crippen LogP contribution >= 0.6 is 0 Å². The van der Waals surface area contributed by atoms with Gasteiger partial charge >= 0.3 is 6.18 Å². The number of para-hydroxylation sites is 1. The van der Waals surface area contributed by atoms with Crippen molar-refractivity contribution in [3.05, 3.63) is 36.0 Å². The summed E-state index contributed by atoms with van der Waals surface area (Å²) in [5.41, 5.74) is 5.47. The van der Waals surface area contributed by atoms with E-state index in [1.165, 1.54) is 0 Å². The molecule has 0 radical (unpaired) electrons. The third-order valence-corrected chi connectivity index (χ3v) is 2.72. The van der Waals surface area contributed by atoms with Crippen LogP contribution in [0.25, 0.3) is 10.9 Å². The molecule has 0 saturated heterocycles. The number of rotatable bonds is 4. The summed E-state index contributed by atoms with van der Waals surface area (Å²) in [5, 5.41) is 3.23. The molecule has 0 amide bonds. The number of fused-ring (bicyclic) bond motifs is 1. The minimum Gasteiger partial charge on any atom is -0.383 e. The first-order valence-corrected chi connectivity index (χ1v) is 5.88. The zero-order valence-electron chi connectivity index (χ0n) is 10.4. The van der Waals surface area contributed by atoms with Crippen LogP contribution in [0.5, 0.6) is 0 Å². The molecular weight excluding hydrogens is 271 g/mol. The van der Waals surface area contributed by atoms with Gasteiger partial charge in [0.15, 0.2) is 0 Å². The standard InChI is InChI=1S/C13H12F3N3O/c14-13(15,16)12(20)9-7-19-10-4-2-1-3-8(10)11(9)18-6-5-17/h1-4,7H,5-6,17H2,(H,18,19). The Morgan fingerprint density at radius 3 is 2.65 bits per heavy atom. The fraction of sp³-hybridized carbons (Fsp3) is 0.231. The summed E-state index contributed by atoms with van der Waals surface area (Å²) >= 11 is 0. The average Bonchev–Trinajstić information content (AvgIpc) is 2.42. The van der Waals surface area contributed by atoms with Gasteiger partial charge in [-0.15, -0.1) is 0 Å². The third kappa shape index (κ3) is 2.72. The lowest BCUT2D eigenvalue weighted by molar-refractivity contribution is -0.0884. The van der Waals surface area contributed by atoms with E-state index >= 15 is 0 Å². The van der Waals surface area contributed by atoms with Crippen molar-refractivity contribution in [2.75, 3.05) is 18.4 Å². The van der Waals surface area contributed by atoms with E-state index in [1.54, 1.807) is 24.3 Å². The molecule has 106 valence electrons. The van der Waals surface area contributed by atoms with Crippen LogP contribution < -0.4 is 11.1 Å². The number of alkyl halides is 3. The summed E-state index contributed by atoms with van der Waals surface area (Å²) in [6.45, 7) is 0.489. The Morgan fingerprint density at radius 1 is 1.30 bits per heavy atom. The molecule has 0 aliphatic carbocycles. The molecule has 2 aromatic rings. The Bertz CT molecular complexity index is 640. The van der Waals surface area contributed by atoms with Gasteiger partial charge in [0.1, 0.15) is 0 Å². The van der Waals surface area contributed by atoms with E-state index < -0.39 is 17.5 Å². The lowest BCUT2D eigenvalue weighted by Gasteiger charge is -2.14. The second-order valence-electron chi connectivity index (χ2n) is 4.11.